The van der Waals surface area contributed by atoms with Crippen LogP contribution in [-0.2, 0) is 0 Å². The molecule has 3 nitrogen and oxygen atoms in total. The van der Waals surface area contributed by atoms with Crippen molar-refractivity contribution < 1.29 is 5.11 Å². The van der Waals surface area contributed by atoms with Crippen molar-refractivity contribution in [2.45, 2.75) is 45.7 Å². The van der Waals surface area contributed by atoms with Crippen LogP contribution in [0.15, 0.2) is 24.3 Å². The van der Waals surface area contributed by atoms with Gasteiger partial charge in [-0.25, -0.2) is 0 Å². The Labute approximate surface area is 117 Å². The number of rotatable bonds is 7. The molecular formula is C16H28N2O. The topological polar surface area (TPSA) is 35.5 Å². The fourth-order valence-electron chi connectivity index (χ4n) is 2.06. The van der Waals surface area contributed by atoms with Crippen molar-refractivity contribution in [2.24, 2.45) is 0 Å². The lowest BCUT2D eigenvalue weighted by Gasteiger charge is -2.38. The van der Waals surface area contributed by atoms with E-state index in [0.29, 0.717) is 6.04 Å². The van der Waals surface area contributed by atoms with Crippen molar-refractivity contribution in [3.63, 3.8) is 0 Å². The number of aliphatic hydroxyl groups is 1. The highest BCUT2D eigenvalue weighted by atomic mass is 16.3. The van der Waals surface area contributed by atoms with E-state index in [4.69, 9.17) is 0 Å². The normalized spacial score (nSPS) is 13.4. The maximum atomic E-state index is 9.54. The summed E-state index contributed by atoms with van der Waals surface area (Å²) in [5, 5.41) is 13.1. The summed E-state index contributed by atoms with van der Waals surface area (Å²) in [5.41, 5.74) is 2.19. The molecule has 19 heavy (non-hydrogen) atoms. The van der Waals surface area contributed by atoms with Crippen LogP contribution in [0.5, 0.6) is 0 Å². The molecule has 0 aromatic heterocycles. The zero-order chi connectivity index (χ0) is 14.5. The molecule has 1 aromatic carbocycles. The van der Waals surface area contributed by atoms with E-state index in [1.165, 1.54) is 11.3 Å². The van der Waals surface area contributed by atoms with Gasteiger partial charge in [0.2, 0.25) is 0 Å². The van der Waals surface area contributed by atoms with Crippen LogP contribution < -0.4 is 10.2 Å². The number of benzene rings is 1. The molecule has 1 rings (SSSR count). The van der Waals surface area contributed by atoms with Gasteiger partial charge in [0.25, 0.3) is 0 Å². The van der Waals surface area contributed by atoms with E-state index in [-0.39, 0.29) is 12.1 Å². The highest BCUT2D eigenvalue weighted by Crippen LogP contribution is 2.29. The quantitative estimate of drug-likeness (QED) is 0.795. The number of likely N-dealkylation sites (N-methyl/N-ethyl adjacent to an activating group) is 1. The Morgan fingerprint density at radius 2 is 1.95 bits per heavy atom. The molecule has 1 aromatic rings. The lowest BCUT2D eigenvalue weighted by atomic mass is 9.99. The fraction of sp³-hybridized carbons (Fsp3) is 0.625. The Hall–Kier alpha value is -1.06. The zero-order valence-corrected chi connectivity index (χ0v) is 12.9. The van der Waals surface area contributed by atoms with Gasteiger partial charge in [0, 0.05) is 18.8 Å². The molecule has 0 saturated heterocycles. The third kappa shape index (κ3) is 3.95. The summed E-state index contributed by atoms with van der Waals surface area (Å²) in [6.07, 6.45) is 1.13. The second-order valence-corrected chi connectivity index (χ2v) is 5.76. The van der Waals surface area contributed by atoms with E-state index in [1.54, 1.807) is 0 Å². The van der Waals surface area contributed by atoms with Gasteiger partial charge in [-0.15, -0.1) is 0 Å². The first-order valence-electron chi connectivity index (χ1n) is 7.11. The minimum Gasteiger partial charge on any atom is -0.394 e. The van der Waals surface area contributed by atoms with Crippen LogP contribution in [0.3, 0.4) is 0 Å². The maximum absolute atomic E-state index is 9.54. The van der Waals surface area contributed by atoms with Gasteiger partial charge in [-0.2, -0.15) is 0 Å². The molecule has 0 bridgehead atoms. The number of nitrogens with one attached hydrogen (secondary N) is 1. The Kier molecular flexibility index (Phi) is 5.83. The van der Waals surface area contributed by atoms with Gasteiger partial charge in [-0.3, -0.25) is 0 Å². The third-order valence-corrected chi connectivity index (χ3v) is 3.76. The lowest BCUT2D eigenvalue weighted by molar-refractivity contribution is 0.216. The number of hydrogen-bond donors (Lipinski definition) is 2. The Morgan fingerprint density at radius 1 is 1.32 bits per heavy atom. The van der Waals surface area contributed by atoms with E-state index in [1.807, 2.05) is 20.9 Å². The molecule has 0 aliphatic heterocycles. The van der Waals surface area contributed by atoms with Crippen LogP contribution in [0.4, 0.5) is 5.69 Å². The predicted octanol–water partition coefficient (Wildman–Crippen LogP) is 2.95. The third-order valence-electron chi connectivity index (χ3n) is 3.76. The molecule has 0 amide bonds. The first-order chi connectivity index (χ1) is 8.94. The molecule has 108 valence electrons. The van der Waals surface area contributed by atoms with Crippen LogP contribution in [0.1, 0.15) is 45.7 Å². The molecule has 2 N–H and O–H groups in total. The van der Waals surface area contributed by atoms with E-state index in [2.05, 4.69) is 48.3 Å². The minimum atomic E-state index is -0.263. The molecule has 0 aliphatic rings. The summed E-state index contributed by atoms with van der Waals surface area (Å²) in [7, 11) is 2.04. The Bertz CT molecular complexity index is 390. The van der Waals surface area contributed by atoms with Gasteiger partial charge in [-0.1, -0.05) is 25.1 Å². The first-order valence-corrected chi connectivity index (χ1v) is 7.11. The summed E-state index contributed by atoms with van der Waals surface area (Å²) in [5.74, 6) is 0. The second-order valence-electron chi connectivity index (χ2n) is 5.76. The molecule has 0 heterocycles. The minimum absolute atomic E-state index is 0.134. The number of para-hydroxylation sites is 1. The monoisotopic (exact) mass is 264 g/mol. The molecule has 0 spiro atoms. The highest BCUT2D eigenvalue weighted by Gasteiger charge is 2.25. The standard InChI is InChI=1S/C16H28N2O/c1-6-11-17-13(2)14-9-7-8-10-15(14)18(5)16(3,4)12-19/h7-10,13,17,19H,6,11-12H2,1-5H3. The highest BCUT2D eigenvalue weighted by molar-refractivity contribution is 5.56. The molecule has 1 unspecified atom stereocenters. The Balaban J connectivity index is 3.01. The number of anilines is 1. The smallest absolute Gasteiger partial charge is 0.0658 e. The predicted molar refractivity (Wildman–Crippen MR) is 82.7 cm³/mol. The van der Waals surface area contributed by atoms with Crippen molar-refractivity contribution in [3.05, 3.63) is 29.8 Å². The van der Waals surface area contributed by atoms with Crippen molar-refractivity contribution in [3.8, 4) is 0 Å². The van der Waals surface area contributed by atoms with E-state index < -0.39 is 0 Å². The van der Waals surface area contributed by atoms with Gasteiger partial charge in [0.1, 0.15) is 0 Å². The molecule has 0 fully saturated rings. The molecule has 3 heteroatoms. The van der Waals surface area contributed by atoms with Gasteiger partial charge in [0.05, 0.1) is 12.1 Å². The number of hydrogen-bond acceptors (Lipinski definition) is 3. The Morgan fingerprint density at radius 3 is 2.53 bits per heavy atom. The lowest BCUT2D eigenvalue weighted by Crippen LogP contribution is -2.45. The second kappa shape index (κ2) is 6.92. The van der Waals surface area contributed by atoms with Gasteiger partial charge < -0.3 is 15.3 Å². The van der Waals surface area contributed by atoms with E-state index >= 15 is 0 Å². The summed E-state index contributed by atoms with van der Waals surface area (Å²) < 4.78 is 0. The fourth-order valence-corrected chi connectivity index (χ4v) is 2.06. The van der Waals surface area contributed by atoms with Gasteiger partial charge in [-0.05, 0) is 45.4 Å². The molecular weight excluding hydrogens is 236 g/mol. The van der Waals surface area contributed by atoms with Crippen LogP contribution in [-0.4, -0.2) is 30.8 Å². The zero-order valence-electron chi connectivity index (χ0n) is 12.9. The van der Waals surface area contributed by atoms with Crippen LogP contribution in [0.25, 0.3) is 0 Å². The summed E-state index contributed by atoms with van der Waals surface area (Å²) >= 11 is 0. The summed E-state index contributed by atoms with van der Waals surface area (Å²) in [6, 6.07) is 8.72. The van der Waals surface area contributed by atoms with Gasteiger partial charge >= 0.3 is 0 Å². The molecule has 0 aliphatic carbocycles. The number of aliphatic hydroxyl groups excluding tert-OH is 1. The van der Waals surface area contributed by atoms with Crippen molar-refractivity contribution in [2.75, 3.05) is 25.1 Å². The molecule has 0 saturated carbocycles. The molecule has 1 atom stereocenters. The van der Waals surface area contributed by atoms with Crippen LogP contribution in [0, 0.1) is 0 Å². The van der Waals surface area contributed by atoms with Crippen molar-refractivity contribution >= 4 is 5.69 Å². The van der Waals surface area contributed by atoms with Crippen LogP contribution in [0.2, 0.25) is 0 Å². The maximum Gasteiger partial charge on any atom is 0.0658 e. The first kappa shape index (κ1) is 16.0. The largest absolute Gasteiger partial charge is 0.394 e. The number of nitrogens with zero attached hydrogens (tertiary/aromatic N) is 1. The SMILES string of the molecule is CCCNC(C)c1ccccc1N(C)C(C)(C)CO. The van der Waals surface area contributed by atoms with Crippen molar-refractivity contribution in [1.29, 1.82) is 0 Å². The average molecular weight is 264 g/mol. The summed E-state index contributed by atoms with van der Waals surface area (Å²) in [6.45, 7) is 9.61. The summed E-state index contributed by atoms with van der Waals surface area (Å²) in [4.78, 5) is 2.16. The molecule has 0 radical (unpaired) electrons. The van der Waals surface area contributed by atoms with Gasteiger partial charge in [0.15, 0.2) is 0 Å². The van der Waals surface area contributed by atoms with E-state index in [0.717, 1.165) is 13.0 Å². The average Bonchev–Trinajstić information content (AvgIpc) is 2.43. The van der Waals surface area contributed by atoms with Crippen molar-refractivity contribution in [1.82, 2.24) is 5.32 Å². The van der Waals surface area contributed by atoms with Crippen LogP contribution >= 0.6 is 0 Å². The van der Waals surface area contributed by atoms with E-state index in [9.17, 15) is 5.11 Å².